The van der Waals surface area contributed by atoms with Gasteiger partial charge in [-0.2, -0.15) is 0 Å². The van der Waals surface area contributed by atoms with Crippen LogP contribution in [0.15, 0.2) is 10.6 Å². The Labute approximate surface area is 72.7 Å². The van der Waals surface area contributed by atoms with Crippen molar-refractivity contribution in [2.45, 2.75) is 39.7 Å². The summed E-state index contributed by atoms with van der Waals surface area (Å²) < 4.78 is 10.4. The molecule has 1 aromatic rings. The van der Waals surface area contributed by atoms with Crippen LogP contribution in [-0.2, 0) is 0 Å². The minimum Gasteiger partial charge on any atom is -0.473 e. The van der Waals surface area contributed by atoms with Gasteiger partial charge in [-0.25, -0.2) is 0 Å². The van der Waals surface area contributed by atoms with E-state index in [2.05, 4.69) is 19.0 Å². The van der Waals surface area contributed by atoms with Crippen molar-refractivity contribution >= 4 is 0 Å². The van der Waals surface area contributed by atoms with E-state index in [1.165, 1.54) is 0 Å². The van der Waals surface area contributed by atoms with Gasteiger partial charge in [0.1, 0.15) is 5.76 Å². The van der Waals surface area contributed by atoms with Crippen LogP contribution in [0.4, 0.5) is 0 Å². The molecule has 12 heavy (non-hydrogen) atoms. The van der Waals surface area contributed by atoms with Crippen LogP contribution < -0.4 is 4.74 Å². The second-order valence-electron chi connectivity index (χ2n) is 3.39. The highest BCUT2D eigenvalue weighted by Crippen LogP contribution is 2.19. The predicted molar refractivity (Wildman–Crippen MR) is 46.4 cm³/mol. The highest BCUT2D eigenvalue weighted by molar-refractivity contribution is 5.13. The first-order valence-electron chi connectivity index (χ1n) is 4.23. The van der Waals surface area contributed by atoms with E-state index in [0.717, 1.165) is 5.76 Å². The van der Waals surface area contributed by atoms with Gasteiger partial charge in [-0.3, -0.25) is 0 Å². The fraction of sp³-hybridized carbons (Fsp3) is 0.667. The lowest BCUT2D eigenvalue weighted by Crippen LogP contribution is -2.05. The predicted octanol–water partition coefficient (Wildman–Crippen LogP) is 2.59. The standard InChI is InChI=1S/C9H15NO2/c1-6(2)8-5-9(10-12-8)11-7(3)4/h5-7H,1-4H3. The van der Waals surface area contributed by atoms with Crippen molar-refractivity contribution in [2.24, 2.45) is 0 Å². The van der Waals surface area contributed by atoms with Crippen LogP contribution in [0, 0.1) is 0 Å². The van der Waals surface area contributed by atoms with Gasteiger partial charge in [0.15, 0.2) is 0 Å². The van der Waals surface area contributed by atoms with Crippen molar-refractivity contribution in [1.82, 2.24) is 5.16 Å². The summed E-state index contributed by atoms with van der Waals surface area (Å²) in [6.45, 7) is 8.03. The lowest BCUT2D eigenvalue weighted by molar-refractivity contribution is 0.216. The quantitative estimate of drug-likeness (QED) is 0.697. The highest BCUT2D eigenvalue weighted by Gasteiger charge is 2.08. The molecule has 0 radical (unpaired) electrons. The summed E-state index contributed by atoms with van der Waals surface area (Å²) in [4.78, 5) is 0. The maximum absolute atomic E-state index is 5.34. The zero-order valence-corrected chi connectivity index (χ0v) is 8.00. The molecule has 1 aromatic heterocycles. The molecule has 3 nitrogen and oxygen atoms in total. The molecule has 0 N–H and O–H groups in total. The average Bonchev–Trinajstić information content (AvgIpc) is 2.34. The van der Waals surface area contributed by atoms with E-state index in [0.29, 0.717) is 11.8 Å². The van der Waals surface area contributed by atoms with Crippen LogP contribution in [-0.4, -0.2) is 11.3 Å². The zero-order valence-electron chi connectivity index (χ0n) is 8.00. The average molecular weight is 169 g/mol. The fourth-order valence-electron chi connectivity index (χ4n) is 0.841. The molecule has 3 heteroatoms. The normalized spacial score (nSPS) is 11.2. The van der Waals surface area contributed by atoms with Gasteiger partial charge in [0.2, 0.25) is 0 Å². The first-order chi connectivity index (χ1) is 5.59. The molecule has 0 unspecified atom stereocenters. The molecular formula is C9H15NO2. The minimum absolute atomic E-state index is 0.148. The summed E-state index contributed by atoms with van der Waals surface area (Å²) in [5.74, 6) is 1.81. The summed E-state index contributed by atoms with van der Waals surface area (Å²) in [6, 6.07) is 1.84. The van der Waals surface area contributed by atoms with Crippen LogP contribution in [0.3, 0.4) is 0 Å². The lowest BCUT2D eigenvalue weighted by atomic mass is 10.2. The van der Waals surface area contributed by atoms with E-state index in [-0.39, 0.29) is 6.10 Å². The minimum atomic E-state index is 0.148. The Hall–Kier alpha value is -0.990. The molecule has 0 saturated carbocycles. The largest absolute Gasteiger partial charge is 0.473 e. The molecule has 0 aliphatic heterocycles. The Balaban J connectivity index is 2.64. The topological polar surface area (TPSA) is 35.3 Å². The number of nitrogens with zero attached hydrogens (tertiary/aromatic N) is 1. The van der Waals surface area contributed by atoms with Crippen molar-refractivity contribution in [3.8, 4) is 5.88 Å². The molecular weight excluding hydrogens is 154 g/mol. The Morgan fingerprint density at radius 1 is 1.33 bits per heavy atom. The van der Waals surface area contributed by atoms with E-state index in [1.807, 2.05) is 19.9 Å². The van der Waals surface area contributed by atoms with Crippen molar-refractivity contribution in [2.75, 3.05) is 0 Å². The summed E-state index contributed by atoms with van der Waals surface area (Å²) in [6.07, 6.45) is 0.148. The first kappa shape index (κ1) is 9.10. The van der Waals surface area contributed by atoms with Crippen LogP contribution in [0.25, 0.3) is 0 Å². The van der Waals surface area contributed by atoms with E-state index in [4.69, 9.17) is 9.26 Å². The van der Waals surface area contributed by atoms with Crippen molar-refractivity contribution < 1.29 is 9.26 Å². The summed E-state index contributed by atoms with van der Waals surface area (Å²) in [5.41, 5.74) is 0. The molecule has 0 aromatic carbocycles. The number of hydrogen-bond donors (Lipinski definition) is 0. The summed E-state index contributed by atoms with van der Waals surface area (Å²) >= 11 is 0. The maximum Gasteiger partial charge on any atom is 0.254 e. The molecule has 0 saturated heterocycles. The Bertz CT molecular complexity index is 240. The van der Waals surface area contributed by atoms with Crippen molar-refractivity contribution in [3.63, 3.8) is 0 Å². The number of ether oxygens (including phenoxy) is 1. The smallest absolute Gasteiger partial charge is 0.254 e. The Morgan fingerprint density at radius 3 is 2.42 bits per heavy atom. The van der Waals surface area contributed by atoms with Crippen molar-refractivity contribution in [3.05, 3.63) is 11.8 Å². The molecule has 0 aliphatic carbocycles. The van der Waals surface area contributed by atoms with Crippen LogP contribution in [0.5, 0.6) is 5.88 Å². The summed E-state index contributed by atoms with van der Waals surface area (Å²) in [5, 5.41) is 3.78. The third kappa shape index (κ3) is 2.26. The van der Waals surface area contributed by atoms with E-state index < -0.39 is 0 Å². The van der Waals surface area contributed by atoms with Gasteiger partial charge in [0.25, 0.3) is 5.88 Å². The van der Waals surface area contributed by atoms with Crippen LogP contribution >= 0.6 is 0 Å². The SMILES string of the molecule is CC(C)Oc1cc(C(C)C)on1. The van der Waals surface area contributed by atoms with Gasteiger partial charge < -0.3 is 9.26 Å². The van der Waals surface area contributed by atoms with Crippen molar-refractivity contribution in [1.29, 1.82) is 0 Å². The van der Waals surface area contributed by atoms with E-state index in [1.54, 1.807) is 0 Å². The monoisotopic (exact) mass is 169 g/mol. The van der Waals surface area contributed by atoms with Gasteiger partial charge in [-0.1, -0.05) is 13.8 Å². The molecule has 1 heterocycles. The molecule has 0 atom stereocenters. The molecule has 68 valence electrons. The molecule has 0 bridgehead atoms. The molecule has 0 fully saturated rings. The zero-order chi connectivity index (χ0) is 9.14. The maximum atomic E-state index is 5.34. The van der Waals surface area contributed by atoms with Crippen LogP contribution in [0.2, 0.25) is 0 Å². The van der Waals surface area contributed by atoms with E-state index in [9.17, 15) is 0 Å². The number of aromatic nitrogens is 1. The second-order valence-corrected chi connectivity index (χ2v) is 3.39. The van der Waals surface area contributed by atoms with Gasteiger partial charge in [-0.15, -0.1) is 0 Å². The highest BCUT2D eigenvalue weighted by atomic mass is 16.5. The second kappa shape index (κ2) is 3.61. The van der Waals surface area contributed by atoms with Gasteiger partial charge >= 0.3 is 0 Å². The molecule has 0 aliphatic rings. The fourth-order valence-corrected chi connectivity index (χ4v) is 0.841. The van der Waals surface area contributed by atoms with Crippen LogP contribution in [0.1, 0.15) is 39.4 Å². The van der Waals surface area contributed by atoms with Gasteiger partial charge in [-0.05, 0) is 19.0 Å². The van der Waals surface area contributed by atoms with Gasteiger partial charge in [0, 0.05) is 12.0 Å². The summed E-state index contributed by atoms with van der Waals surface area (Å²) in [7, 11) is 0. The molecule has 0 spiro atoms. The Kier molecular flexibility index (Phi) is 2.74. The van der Waals surface area contributed by atoms with E-state index >= 15 is 0 Å². The molecule has 0 amide bonds. The number of rotatable bonds is 3. The number of hydrogen-bond acceptors (Lipinski definition) is 3. The first-order valence-corrected chi connectivity index (χ1v) is 4.23. The van der Waals surface area contributed by atoms with Gasteiger partial charge in [0.05, 0.1) is 6.10 Å². The Morgan fingerprint density at radius 2 is 2.00 bits per heavy atom. The third-order valence-electron chi connectivity index (χ3n) is 1.43. The lowest BCUT2D eigenvalue weighted by Gasteiger charge is -2.03. The third-order valence-corrected chi connectivity index (χ3v) is 1.43. The molecule has 1 rings (SSSR count).